The van der Waals surface area contributed by atoms with Crippen LogP contribution in [0.2, 0.25) is 5.02 Å². The highest BCUT2D eigenvalue weighted by Crippen LogP contribution is 2.40. The monoisotopic (exact) mass is 476 g/mol. The molecule has 9 heteroatoms. The third-order valence-corrected chi connectivity index (χ3v) is 6.87. The number of hydrogen-bond acceptors (Lipinski definition) is 4. The van der Waals surface area contributed by atoms with E-state index in [1.54, 1.807) is 10.6 Å². The fourth-order valence-electron chi connectivity index (χ4n) is 4.93. The number of aliphatic carboxylic acids is 1. The van der Waals surface area contributed by atoms with Crippen LogP contribution in [0, 0.1) is 24.0 Å². The van der Waals surface area contributed by atoms with E-state index in [9.17, 15) is 18.7 Å². The van der Waals surface area contributed by atoms with Crippen molar-refractivity contribution >= 4 is 29.0 Å². The Labute approximate surface area is 196 Å². The van der Waals surface area contributed by atoms with Crippen LogP contribution in [0.15, 0.2) is 18.2 Å². The summed E-state index contributed by atoms with van der Waals surface area (Å²) in [6.07, 6.45) is 1.83. The molecule has 1 aliphatic heterocycles. The van der Waals surface area contributed by atoms with Crippen LogP contribution in [0.3, 0.4) is 0 Å². The molecule has 0 aliphatic carbocycles. The fraction of sp³-hybridized carbons (Fsp3) is 0.458. The van der Waals surface area contributed by atoms with Crippen LogP contribution in [0.1, 0.15) is 57.2 Å². The van der Waals surface area contributed by atoms with Gasteiger partial charge in [-0.15, -0.1) is 0 Å². The Kier molecular flexibility index (Phi) is 6.07. The van der Waals surface area contributed by atoms with Crippen LogP contribution < -0.4 is 4.90 Å². The Balaban J connectivity index is 1.95. The summed E-state index contributed by atoms with van der Waals surface area (Å²) in [5, 5.41) is 14.5. The lowest BCUT2D eigenvalue weighted by Crippen LogP contribution is -2.48. The number of fused-ring (bicyclic) bond motifs is 1. The number of carbonyl (C=O) groups is 1. The summed E-state index contributed by atoms with van der Waals surface area (Å²) in [7, 11) is 0. The quantitative estimate of drug-likeness (QED) is 0.500. The number of hydrogen-bond donors (Lipinski definition) is 1. The van der Waals surface area contributed by atoms with Gasteiger partial charge >= 0.3 is 5.97 Å². The van der Waals surface area contributed by atoms with E-state index < -0.39 is 23.0 Å². The zero-order chi connectivity index (χ0) is 24.1. The number of anilines is 1. The molecule has 2 aromatic heterocycles. The summed E-state index contributed by atoms with van der Waals surface area (Å²) in [6, 6.07) is 3.65. The smallest absolute Gasteiger partial charge is 0.311 e. The summed E-state index contributed by atoms with van der Waals surface area (Å²) in [6.45, 7) is 8.85. The van der Waals surface area contributed by atoms with Crippen molar-refractivity contribution in [1.29, 1.82) is 0 Å². The predicted molar refractivity (Wildman–Crippen MR) is 124 cm³/mol. The van der Waals surface area contributed by atoms with Crippen molar-refractivity contribution < 1.29 is 18.7 Å². The molecule has 3 heterocycles. The van der Waals surface area contributed by atoms with E-state index in [4.69, 9.17) is 11.6 Å². The lowest BCUT2D eigenvalue weighted by molar-refractivity contribution is -0.149. The highest BCUT2D eigenvalue weighted by atomic mass is 35.5. The van der Waals surface area contributed by atoms with E-state index in [1.165, 1.54) is 0 Å². The number of rotatable bonds is 5. The van der Waals surface area contributed by atoms with Gasteiger partial charge in [0.05, 0.1) is 11.0 Å². The molecule has 1 fully saturated rings. The van der Waals surface area contributed by atoms with Gasteiger partial charge in [-0.25, -0.2) is 13.8 Å². The van der Waals surface area contributed by atoms with Crippen LogP contribution in [-0.2, 0) is 4.79 Å². The van der Waals surface area contributed by atoms with Crippen LogP contribution in [0.4, 0.5) is 14.6 Å². The molecule has 1 aromatic carbocycles. The lowest BCUT2D eigenvalue weighted by atomic mass is 9.77. The zero-order valence-corrected chi connectivity index (χ0v) is 19.9. The number of nitrogens with zero attached hydrogens (tertiary/aromatic N) is 4. The molecule has 33 heavy (non-hydrogen) atoms. The van der Waals surface area contributed by atoms with Crippen LogP contribution >= 0.6 is 11.6 Å². The van der Waals surface area contributed by atoms with Crippen LogP contribution in [0.25, 0.3) is 16.9 Å². The first-order valence-corrected chi connectivity index (χ1v) is 11.5. The summed E-state index contributed by atoms with van der Waals surface area (Å²) >= 11 is 5.78. The van der Waals surface area contributed by atoms with Gasteiger partial charge in [0.25, 0.3) is 0 Å². The average Bonchev–Trinajstić information content (AvgIpc) is 3.14. The van der Waals surface area contributed by atoms with E-state index in [-0.39, 0.29) is 22.2 Å². The number of benzene rings is 1. The number of aryl methyl sites for hydroxylation is 1. The van der Waals surface area contributed by atoms with Crippen LogP contribution in [0.5, 0.6) is 0 Å². The molecule has 1 N–H and O–H groups in total. The Morgan fingerprint density at radius 1 is 1.27 bits per heavy atom. The van der Waals surface area contributed by atoms with Crippen LogP contribution in [-0.4, -0.2) is 38.8 Å². The predicted octanol–water partition coefficient (Wildman–Crippen LogP) is 5.84. The van der Waals surface area contributed by atoms with E-state index in [0.717, 1.165) is 35.6 Å². The first kappa shape index (κ1) is 23.4. The first-order chi connectivity index (χ1) is 15.6. The van der Waals surface area contributed by atoms with E-state index in [2.05, 4.69) is 10.1 Å². The highest BCUT2D eigenvalue weighted by molar-refractivity contribution is 6.30. The maximum Gasteiger partial charge on any atom is 0.311 e. The maximum atomic E-state index is 14.6. The van der Waals surface area contributed by atoms with E-state index in [0.29, 0.717) is 31.6 Å². The minimum absolute atomic E-state index is 0.0350. The van der Waals surface area contributed by atoms with Crippen molar-refractivity contribution in [1.82, 2.24) is 14.6 Å². The molecular formula is C24H27ClF2N4O2. The first-order valence-electron chi connectivity index (χ1n) is 11.1. The van der Waals surface area contributed by atoms with Gasteiger partial charge in [0.2, 0.25) is 0 Å². The summed E-state index contributed by atoms with van der Waals surface area (Å²) < 4.78 is 30.9. The lowest BCUT2D eigenvalue weighted by Gasteiger charge is -2.41. The summed E-state index contributed by atoms with van der Waals surface area (Å²) in [5.74, 6) is -1.61. The molecule has 4 rings (SSSR count). The van der Waals surface area contributed by atoms with E-state index in [1.807, 2.05) is 32.6 Å². The molecule has 0 spiro atoms. The van der Waals surface area contributed by atoms with Crippen molar-refractivity contribution in [2.75, 3.05) is 18.0 Å². The number of aromatic nitrogens is 3. The second kappa shape index (κ2) is 8.56. The molecule has 0 radical (unpaired) electrons. The molecule has 6 nitrogen and oxygen atoms in total. The second-order valence-electron chi connectivity index (χ2n) is 9.10. The van der Waals surface area contributed by atoms with E-state index >= 15 is 0 Å². The molecule has 1 atom stereocenters. The van der Waals surface area contributed by atoms with Gasteiger partial charge < -0.3 is 10.0 Å². The number of carboxylic acid groups (broad SMARTS) is 1. The van der Waals surface area contributed by atoms with Gasteiger partial charge in [-0.05, 0) is 44.2 Å². The van der Waals surface area contributed by atoms with Crippen molar-refractivity contribution in [2.24, 2.45) is 5.41 Å². The fourth-order valence-corrected chi connectivity index (χ4v) is 5.12. The van der Waals surface area contributed by atoms with Gasteiger partial charge in [-0.1, -0.05) is 32.4 Å². The van der Waals surface area contributed by atoms with Crippen molar-refractivity contribution in [3.05, 3.63) is 46.1 Å². The third kappa shape index (κ3) is 3.94. The Morgan fingerprint density at radius 2 is 1.94 bits per heavy atom. The highest BCUT2D eigenvalue weighted by Gasteiger charge is 2.42. The van der Waals surface area contributed by atoms with Gasteiger partial charge in [0.15, 0.2) is 5.65 Å². The molecular weight excluding hydrogens is 450 g/mol. The molecule has 3 aromatic rings. The van der Waals surface area contributed by atoms with Gasteiger partial charge in [0.1, 0.15) is 23.1 Å². The minimum Gasteiger partial charge on any atom is -0.481 e. The van der Waals surface area contributed by atoms with Gasteiger partial charge in [-0.3, -0.25) is 4.79 Å². The molecule has 0 amide bonds. The van der Waals surface area contributed by atoms with Crippen molar-refractivity contribution in [3.63, 3.8) is 0 Å². The van der Waals surface area contributed by atoms with Crippen molar-refractivity contribution in [3.8, 4) is 11.3 Å². The molecule has 1 saturated heterocycles. The largest absolute Gasteiger partial charge is 0.481 e. The third-order valence-electron chi connectivity index (χ3n) is 6.65. The molecule has 1 aliphatic rings. The Bertz CT molecular complexity index is 1220. The second-order valence-corrected chi connectivity index (χ2v) is 9.53. The average molecular weight is 477 g/mol. The summed E-state index contributed by atoms with van der Waals surface area (Å²) in [5.41, 5.74) is 1.13. The molecule has 0 unspecified atom stereocenters. The zero-order valence-electron chi connectivity index (χ0n) is 19.1. The topological polar surface area (TPSA) is 70.7 Å². The molecule has 0 saturated carbocycles. The number of carboxylic acids is 1. The SMILES string of the molecule is CC[C@]1(C(=O)O)CCCN(c2c(C(C)C)c(C)nc3cc(-c4c(F)cc(Cl)cc4F)nn23)C1. The minimum atomic E-state index is -0.861. The summed E-state index contributed by atoms with van der Waals surface area (Å²) in [4.78, 5) is 18.9. The normalized spacial score (nSPS) is 19.0. The van der Waals surface area contributed by atoms with Gasteiger partial charge in [-0.2, -0.15) is 9.61 Å². The number of piperidine rings is 1. The standard InChI is InChI=1S/C24H27ClF2N4O2/c1-5-24(23(32)33)7-6-8-30(12-24)22-20(13(2)3)14(4)28-19-11-18(29-31(19)22)21-16(26)9-15(25)10-17(21)27/h9-11,13H,5-8,12H2,1-4H3,(H,32,33)/t24-/m0/s1. The Hall–Kier alpha value is -2.74. The molecule has 0 bridgehead atoms. The number of halogens is 3. The maximum absolute atomic E-state index is 14.6. The van der Waals surface area contributed by atoms with Crippen molar-refractivity contribution in [2.45, 2.75) is 52.9 Å². The van der Waals surface area contributed by atoms with Gasteiger partial charge in [0, 0.05) is 35.4 Å². The Morgan fingerprint density at radius 3 is 2.52 bits per heavy atom. The molecule has 176 valence electrons.